The van der Waals surface area contributed by atoms with Crippen molar-refractivity contribution in [2.45, 2.75) is 45.6 Å². The maximum absolute atomic E-state index is 12.0. The van der Waals surface area contributed by atoms with Gasteiger partial charge in [0.25, 0.3) is 0 Å². The van der Waals surface area contributed by atoms with E-state index < -0.39 is 0 Å². The maximum Gasteiger partial charge on any atom is 0.223 e. The molecule has 1 heterocycles. The molecule has 1 fully saturated rings. The van der Waals surface area contributed by atoms with E-state index >= 15 is 0 Å². The van der Waals surface area contributed by atoms with E-state index in [1.54, 1.807) is 4.68 Å². The number of aromatic nitrogens is 2. The summed E-state index contributed by atoms with van der Waals surface area (Å²) in [6, 6.07) is 0. The Morgan fingerprint density at radius 3 is 2.76 bits per heavy atom. The second kappa shape index (κ2) is 5.34. The Balaban J connectivity index is 1.85. The lowest BCUT2D eigenvalue weighted by Gasteiger charge is -2.20. The molecule has 0 aromatic carbocycles. The Hall–Kier alpha value is -1.32. The first-order valence-electron chi connectivity index (χ1n) is 6.43. The highest BCUT2D eigenvalue weighted by atomic mass is 16.1. The zero-order chi connectivity index (χ0) is 12.3. The molecular formula is C13H21N3O. The number of carbonyl (C=O) groups is 1. The molecule has 1 aliphatic rings. The first-order valence-corrected chi connectivity index (χ1v) is 6.43. The van der Waals surface area contributed by atoms with Crippen LogP contribution in [0.2, 0.25) is 0 Å². The SMILES string of the molecule is Cc1nn(C)cc1CNC(=O)C1CCCCC1. The van der Waals surface area contributed by atoms with Crippen LogP contribution in [0.5, 0.6) is 0 Å². The lowest BCUT2D eigenvalue weighted by molar-refractivity contribution is -0.126. The molecule has 94 valence electrons. The van der Waals surface area contributed by atoms with Crippen molar-refractivity contribution in [3.8, 4) is 0 Å². The molecule has 0 radical (unpaired) electrons. The van der Waals surface area contributed by atoms with Gasteiger partial charge >= 0.3 is 0 Å². The van der Waals surface area contributed by atoms with Crippen LogP contribution in [-0.4, -0.2) is 15.7 Å². The van der Waals surface area contributed by atoms with Gasteiger partial charge < -0.3 is 5.32 Å². The molecule has 4 heteroatoms. The Bertz CT molecular complexity index is 391. The number of aryl methyl sites for hydroxylation is 2. The van der Waals surface area contributed by atoms with Gasteiger partial charge in [0.2, 0.25) is 5.91 Å². The van der Waals surface area contributed by atoms with Crippen LogP contribution < -0.4 is 5.32 Å². The van der Waals surface area contributed by atoms with Crippen LogP contribution in [0.15, 0.2) is 6.20 Å². The highest BCUT2D eigenvalue weighted by Crippen LogP contribution is 2.23. The van der Waals surface area contributed by atoms with Gasteiger partial charge in [0.15, 0.2) is 0 Å². The van der Waals surface area contributed by atoms with Crippen molar-refractivity contribution in [3.63, 3.8) is 0 Å². The molecular weight excluding hydrogens is 214 g/mol. The number of nitrogens with zero attached hydrogens (tertiary/aromatic N) is 2. The van der Waals surface area contributed by atoms with Crippen molar-refractivity contribution in [1.82, 2.24) is 15.1 Å². The van der Waals surface area contributed by atoms with Crippen LogP contribution in [0.4, 0.5) is 0 Å². The molecule has 0 aliphatic heterocycles. The highest BCUT2D eigenvalue weighted by Gasteiger charge is 2.20. The summed E-state index contributed by atoms with van der Waals surface area (Å²) in [5.74, 6) is 0.452. The van der Waals surface area contributed by atoms with Crippen molar-refractivity contribution in [2.24, 2.45) is 13.0 Å². The van der Waals surface area contributed by atoms with Crippen LogP contribution in [-0.2, 0) is 18.4 Å². The number of hydrogen-bond donors (Lipinski definition) is 1. The number of amides is 1. The van der Waals surface area contributed by atoms with E-state index in [0.29, 0.717) is 6.54 Å². The largest absolute Gasteiger partial charge is 0.352 e. The average Bonchev–Trinajstić information content (AvgIpc) is 2.66. The molecule has 0 spiro atoms. The Kier molecular flexibility index (Phi) is 3.82. The molecule has 4 nitrogen and oxygen atoms in total. The van der Waals surface area contributed by atoms with Crippen molar-refractivity contribution >= 4 is 5.91 Å². The van der Waals surface area contributed by atoms with Gasteiger partial charge in [-0.1, -0.05) is 19.3 Å². The third-order valence-corrected chi connectivity index (χ3v) is 3.54. The molecule has 0 saturated heterocycles. The fourth-order valence-corrected chi connectivity index (χ4v) is 2.51. The first-order chi connectivity index (χ1) is 8.16. The Morgan fingerprint density at radius 2 is 2.18 bits per heavy atom. The van der Waals surface area contributed by atoms with Gasteiger partial charge in [-0.05, 0) is 19.8 Å². The maximum atomic E-state index is 12.0. The van der Waals surface area contributed by atoms with Crippen LogP contribution >= 0.6 is 0 Å². The minimum atomic E-state index is 0.216. The standard InChI is InChI=1S/C13H21N3O/c1-10-12(9-16(2)15-10)8-14-13(17)11-6-4-3-5-7-11/h9,11H,3-8H2,1-2H3,(H,14,17). The zero-order valence-corrected chi connectivity index (χ0v) is 10.7. The lowest BCUT2D eigenvalue weighted by Crippen LogP contribution is -2.31. The highest BCUT2D eigenvalue weighted by molar-refractivity contribution is 5.78. The van der Waals surface area contributed by atoms with Gasteiger partial charge in [0, 0.05) is 31.3 Å². The molecule has 0 unspecified atom stereocenters. The summed E-state index contributed by atoms with van der Waals surface area (Å²) in [5.41, 5.74) is 2.10. The van der Waals surface area contributed by atoms with E-state index in [1.807, 2.05) is 20.2 Å². The Labute approximate surface area is 102 Å². The number of rotatable bonds is 3. The second-order valence-corrected chi connectivity index (χ2v) is 4.97. The summed E-state index contributed by atoms with van der Waals surface area (Å²) >= 11 is 0. The predicted molar refractivity (Wildman–Crippen MR) is 66.4 cm³/mol. The first kappa shape index (κ1) is 12.1. The van der Waals surface area contributed by atoms with Crippen molar-refractivity contribution in [2.75, 3.05) is 0 Å². The Morgan fingerprint density at radius 1 is 1.47 bits per heavy atom. The van der Waals surface area contributed by atoms with Crippen LogP contribution in [0.25, 0.3) is 0 Å². The number of hydrogen-bond acceptors (Lipinski definition) is 2. The quantitative estimate of drug-likeness (QED) is 0.870. The summed E-state index contributed by atoms with van der Waals surface area (Å²) in [7, 11) is 1.90. The monoisotopic (exact) mass is 235 g/mol. The molecule has 1 amide bonds. The average molecular weight is 235 g/mol. The fraction of sp³-hybridized carbons (Fsp3) is 0.692. The van der Waals surface area contributed by atoms with Crippen LogP contribution in [0.3, 0.4) is 0 Å². The molecule has 0 atom stereocenters. The van der Waals surface area contributed by atoms with E-state index in [-0.39, 0.29) is 11.8 Å². The van der Waals surface area contributed by atoms with Crippen LogP contribution in [0.1, 0.15) is 43.4 Å². The van der Waals surface area contributed by atoms with Gasteiger partial charge in [0.05, 0.1) is 5.69 Å². The van der Waals surface area contributed by atoms with Gasteiger partial charge in [-0.3, -0.25) is 9.48 Å². The molecule has 1 aromatic heterocycles. The second-order valence-electron chi connectivity index (χ2n) is 4.97. The van der Waals surface area contributed by atoms with Gasteiger partial charge in [-0.2, -0.15) is 5.10 Å². The minimum absolute atomic E-state index is 0.216. The summed E-state index contributed by atoms with van der Waals surface area (Å²) in [6.07, 6.45) is 7.76. The van der Waals surface area contributed by atoms with Crippen LogP contribution in [0, 0.1) is 12.8 Å². The number of nitrogens with one attached hydrogen (secondary N) is 1. The third kappa shape index (κ3) is 3.08. The minimum Gasteiger partial charge on any atom is -0.352 e. The summed E-state index contributed by atoms with van der Waals surface area (Å²) in [4.78, 5) is 12.0. The topological polar surface area (TPSA) is 46.9 Å². The predicted octanol–water partition coefficient (Wildman–Crippen LogP) is 1.93. The third-order valence-electron chi connectivity index (χ3n) is 3.54. The lowest BCUT2D eigenvalue weighted by atomic mass is 9.88. The molecule has 1 saturated carbocycles. The zero-order valence-electron chi connectivity index (χ0n) is 10.7. The molecule has 1 N–H and O–H groups in total. The normalized spacial score (nSPS) is 17.1. The molecule has 1 aromatic rings. The smallest absolute Gasteiger partial charge is 0.223 e. The fourth-order valence-electron chi connectivity index (χ4n) is 2.51. The number of carbonyl (C=O) groups excluding carboxylic acids is 1. The van der Waals surface area contributed by atoms with Crippen molar-refractivity contribution in [1.29, 1.82) is 0 Å². The molecule has 0 bridgehead atoms. The van der Waals surface area contributed by atoms with Crippen molar-refractivity contribution < 1.29 is 4.79 Å². The van der Waals surface area contributed by atoms with Crippen molar-refractivity contribution in [3.05, 3.63) is 17.5 Å². The molecule has 1 aliphatic carbocycles. The van der Waals surface area contributed by atoms with E-state index in [4.69, 9.17) is 0 Å². The van der Waals surface area contributed by atoms with Gasteiger partial charge in [-0.15, -0.1) is 0 Å². The van der Waals surface area contributed by atoms with Gasteiger partial charge in [-0.25, -0.2) is 0 Å². The summed E-state index contributed by atoms with van der Waals surface area (Å²) in [5, 5.41) is 7.30. The van der Waals surface area contributed by atoms with E-state index in [2.05, 4.69) is 10.4 Å². The van der Waals surface area contributed by atoms with Gasteiger partial charge in [0.1, 0.15) is 0 Å². The van der Waals surface area contributed by atoms with E-state index in [9.17, 15) is 4.79 Å². The van der Waals surface area contributed by atoms with E-state index in [0.717, 1.165) is 24.1 Å². The van der Waals surface area contributed by atoms with E-state index in [1.165, 1.54) is 19.3 Å². The summed E-state index contributed by atoms with van der Waals surface area (Å²) < 4.78 is 1.79. The molecule has 2 rings (SSSR count). The molecule has 17 heavy (non-hydrogen) atoms. The summed E-state index contributed by atoms with van der Waals surface area (Å²) in [6.45, 7) is 2.58.